The normalized spacial score (nSPS) is 23.2. The Kier molecular flexibility index (Phi) is 7.90. The molecule has 13 heteroatoms. The minimum absolute atomic E-state index is 0.0145. The van der Waals surface area contributed by atoms with E-state index < -0.39 is 29.2 Å². The van der Waals surface area contributed by atoms with Crippen molar-refractivity contribution in [3.05, 3.63) is 53.5 Å². The third-order valence-electron chi connectivity index (χ3n) is 9.37. The van der Waals surface area contributed by atoms with Crippen LogP contribution in [0.25, 0.3) is 0 Å². The predicted molar refractivity (Wildman–Crippen MR) is 155 cm³/mol. The van der Waals surface area contributed by atoms with Crippen molar-refractivity contribution in [2.45, 2.75) is 68.9 Å². The number of ether oxygens (including phenoxy) is 1. The van der Waals surface area contributed by atoms with Crippen LogP contribution in [-0.4, -0.2) is 83.1 Å². The molecule has 6 rings (SSSR count). The number of likely N-dealkylation sites (tertiary alicyclic amines) is 1. The topological polar surface area (TPSA) is 88.8 Å². The van der Waals surface area contributed by atoms with Crippen LogP contribution in [0.1, 0.15) is 48.9 Å². The number of aromatic nitrogens is 2. The monoisotopic (exact) mass is 613 g/mol. The van der Waals surface area contributed by atoms with Crippen molar-refractivity contribution in [2.24, 2.45) is 0 Å². The van der Waals surface area contributed by atoms with Crippen molar-refractivity contribution in [1.29, 1.82) is 5.26 Å². The fraction of sp³-hybridized carbons (Fsp3) is 0.548. The Balaban J connectivity index is 1.37. The summed E-state index contributed by atoms with van der Waals surface area (Å²) < 4.78 is 62.9. The number of carbonyl (C=O) groups is 1. The van der Waals surface area contributed by atoms with Gasteiger partial charge in [-0.15, -0.1) is 0 Å². The van der Waals surface area contributed by atoms with Gasteiger partial charge in [0.15, 0.2) is 0 Å². The highest BCUT2D eigenvalue weighted by molar-refractivity contribution is 5.87. The molecule has 0 spiro atoms. The molecule has 3 fully saturated rings. The fourth-order valence-corrected chi connectivity index (χ4v) is 7.08. The summed E-state index contributed by atoms with van der Waals surface area (Å²) in [7, 11) is 2.08. The Morgan fingerprint density at radius 1 is 1.20 bits per heavy atom. The zero-order valence-electron chi connectivity index (χ0n) is 24.6. The quantitative estimate of drug-likeness (QED) is 0.337. The van der Waals surface area contributed by atoms with Crippen LogP contribution in [0.3, 0.4) is 0 Å². The average Bonchev–Trinajstić information content (AvgIpc) is 3.63. The van der Waals surface area contributed by atoms with E-state index in [1.165, 1.54) is 23.1 Å². The molecule has 44 heavy (non-hydrogen) atoms. The van der Waals surface area contributed by atoms with Gasteiger partial charge in [-0.25, -0.2) is 4.39 Å². The second-order valence-electron chi connectivity index (χ2n) is 12.1. The summed E-state index contributed by atoms with van der Waals surface area (Å²) in [5, 5.41) is 9.49. The zero-order valence-corrected chi connectivity index (χ0v) is 24.6. The molecular weight excluding hydrogens is 578 g/mol. The maximum Gasteiger partial charge on any atom is 0.421 e. The van der Waals surface area contributed by atoms with Crippen LogP contribution in [-0.2, 0) is 23.9 Å². The second-order valence-corrected chi connectivity index (χ2v) is 12.1. The van der Waals surface area contributed by atoms with E-state index >= 15 is 0 Å². The number of hydrogen-bond acceptors (Lipinski definition) is 8. The van der Waals surface area contributed by atoms with E-state index in [1.54, 1.807) is 4.90 Å². The van der Waals surface area contributed by atoms with E-state index in [0.717, 1.165) is 43.9 Å². The van der Waals surface area contributed by atoms with Crippen LogP contribution in [0.4, 0.5) is 29.1 Å². The van der Waals surface area contributed by atoms with E-state index in [2.05, 4.69) is 24.6 Å². The molecule has 1 aromatic carbocycles. The largest absolute Gasteiger partial charge is 0.455 e. The van der Waals surface area contributed by atoms with Crippen molar-refractivity contribution in [3.63, 3.8) is 0 Å². The van der Waals surface area contributed by atoms with Gasteiger partial charge in [0, 0.05) is 37.8 Å². The van der Waals surface area contributed by atoms with Crippen LogP contribution in [0, 0.1) is 17.1 Å². The number of amides is 1. The number of alkyl halides is 3. The molecule has 1 amide bonds. The van der Waals surface area contributed by atoms with Crippen LogP contribution in [0.2, 0.25) is 0 Å². The smallest absolute Gasteiger partial charge is 0.421 e. The molecule has 2 unspecified atom stereocenters. The molecule has 1 saturated carbocycles. The number of hydrogen-bond donors (Lipinski definition) is 0. The highest BCUT2D eigenvalue weighted by atomic mass is 19.4. The maximum absolute atomic E-state index is 14.5. The predicted octanol–water partition coefficient (Wildman–Crippen LogP) is 4.32. The van der Waals surface area contributed by atoms with E-state index in [1.807, 2.05) is 4.90 Å². The third kappa shape index (κ3) is 5.56. The van der Waals surface area contributed by atoms with E-state index in [0.29, 0.717) is 37.6 Å². The SMILES string of the molecule is C=CC(=O)N1CCN(c2nc(OC3(C4CCCN4C)CC3)nc3c2CCN(c2cccc(F)c2C(F)(F)F)C3)CC1CC#N. The van der Waals surface area contributed by atoms with Gasteiger partial charge in [-0.05, 0) is 63.9 Å². The molecule has 9 nitrogen and oxygen atoms in total. The first-order valence-corrected chi connectivity index (χ1v) is 15.0. The number of nitrogens with zero attached hydrogens (tertiary/aromatic N) is 7. The number of fused-ring (bicyclic) bond motifs is 1. The lowest BCUT2D eigenvalue weighted by molar-refractivity contribution is -0.139. The van der Waals surface area contributed by atoms with Crippen LogP contribution in [0.15, 0.2) is 30.9 Å². The van der Waals surface area contributed by atoms with Gasteiger partial charge in [-0.2, -0.15) is 28.4 Å². The second kappa shape index (κ2) is 11.5. The first-order valence-electron chi connectivity index (χ1n) is 15.0. The van der Waals surface area contributed by atoms with Gasteiger partial charge in [0.1, 0.15) is 22.8 Å². The summed E-state index contributed by atoms with van der Waals surface area (Å²) in [5.74, 6) is -0.967. The Hall–Kier alpha value is -3.92. The first kappa shape index (κ1) is 30.1. The highest BCUT2D eigenvalue weighted by Crippen LogP contribution is 2.48. The number of rotatable bonds is 7. The minimum atomic E-state index is -4.87. The summed E-state index contributed by atoms with van der Waals surface area (Å²) >= 11 is 0. The molecule has 2 saturated heterocycles. The summed E-state index contributed by atoms with van der Waals surface area (Å²) in [4.78, 5) is 29.6. The van der Waals surface area contributed by atoms with Gasteiger partial charge in [0.05, 0.1) is 36.5 Å². The average molecular weight is 614 g/mol. The third-order valence-corrected chi connectivity index (χ3v) is 9.37. The first-order chi connectivity index (χ1) is 21.0. The van der Waals surface area contributed by atoms with E-state index in [-0.39, 0.29) is 43.2 Å². The van der Waals surface area contributed by atoms with Gasteiger partial charge < -0.3 is 19.4 Å². The Bertz CT molecular complexity index is 1490. The number of nitriles is 1. The molecule has 4 heterocycles. The fourth-order valence-electron chi connectivity index (χ4n) is 7.08. The van der Waals surface area contributed by atoms with Crippen molar-refractivity contribution in [3.8, 4) is 12.1 Å². The standard InChI is InChI=1S/C31H35F4N7O2/c1-3-26(43)42-17-16-41(18-20(42)9-13-36)28-21-10-15-40(24-7-4-6-22(32)27(24)31(33,34)35)19-23(21)37-29(38-28)44-30(11-12-30)25-8-5-14-39(25)2/h3-4,6-7,20,25H,1,5,8-12,14-19H2,2H3. The Morgan fingerprint density at radius 2 is 2.00 bits per heavy atom. The molecule has 4 aliphatic rings. The number of likely N-dealkylation sites (N-methyl/N-ethyl adjacent to an activating group) is 1. The number of piperazine rings is 1. The van der Waals surface area contributed by atoms with Crippen LogP contribution >= 0.6 is 0 Å². The number of benzene rings is 1. The maximum atomic E-state index is 14.5. The van der Waals surface area contributed by atoms with Gasteiger partial charge in [-0.3, -0.25) is 9.69 Å². The summed E-state index contributed by atoms with van der Waals surface area (Å²) in [6.45, 7) is 5.91. The zero-order chi connectivity index (χ0) is 31.2. The highest BCUT2D eigenvalue weighted by Gasteiger charge is 2.55. The van der Waals surface area contributed by atoms with Gasteiger partial charge in [-0.1, -0.05) is 12.6 Å². The Labute approximate surface area is 253 Å². The van der Waals surface area contributed by atoms with Crippen molar-refractivity contribution < 1.29 is 27.1 Å². The molecular formula is C31H35F4N7O2. The molecule has 1 aromatic heterocycles. The van der Waals surface area contributed by atoms with E-state index in [4.69, 9.17) is 14.7 Å². The lowest BCUT2D eigenvalue weighted by atomic mass is 10.0. The summed E-state index contributed by atoms with van der Waals surface area (Å²) in [6, 6.07) is 5.54. The van der Waals surface area contributed by atoms with Crippen molar-refractivity contribution >= 4 is 17.4 Å². The van der Waals surface area contributed by atoms with Gasteiger partial charge in [0.25, 0.3) is 0 Å². The Morgan fingerprint density at radius 3 is 2.66 bits per heavy atom. The molecule has 0 radical (unpaired) electrons. The summed E-state index contributed by atoms with van der Waals surface area (Å²) in [5.41, 5.74) is -0.651. The lowest BCUT2D eigenvalue weighted by Crippen LogP contribution is -2.55. The molecule has 0 N–H and O–H groups in total. The van der Waals surface area contributed by atoms with Crippen molar-refractivity contribution in [1.82, 2.24) is 19.8 Å². The number of anilines is 2. The van der Waals surface area contributed by atoms with Gasteiger partial charge in [0.2, 0.25) is 5.91 Å². The van der Waals surface area contributed by atoms with Gasteiger partial charge >= 0.3 is 12.2 Å². The molecule has 234 valence electrons. The number of carbonyl (C=O) groups excluding carboxylic acids is 1. The van der Waals surface area contributed by atoms with Crippen molar-refractivity contribution in [2.75, 3.05) is 49.6 Å². The molecule has 0 bridgehead atoms. The minimum Gasteiger partial charge on any atom is -0.455 e. The van der Waals surface area contributed by atoms with Crippen LogP contribution in [0.5, 0.6) is 6.01 Å². The number of halogens is 4. The van der Waals surface area contributed by atoms with E-state index in [9.17, 15) is 27.6 Å². The lowest BCUT2D eigenvalue weighted by Gasteiger charge is -2.42. The summed E-state index contributed by atoms with van der Waals surface area (Å²) in [6.07, 6.45) is 0.600. The molecule has 2 aromatic rings. The molecule has 3 aliphatic heterocycles. The molecule has 1 aliphatic carbocycles. The van der Waals surface area contributed by atoms with Crippen LogP contribution < -0.4 is 14.5 Å². The molecule has 2 atom stereocenters.